The third-order valence-electron chi connectivity index (χ3n) is 18.2. The number of ether oxygens (including phenoxy) is 1. The van der Waals surface area contributed by atoms with Gasteiger partial charge in [0.15, 0.2) is 0 Å². The second kappa shape index (κ2) is 74.5. The van der Waals surface area contributed by atoms with Gasteiger partial charge in [-0.1, -0.05) is 391 Å². The quantitative estimate of drug-likeness (QED) is 0.0320. The summed E-state index contributed by atoms with van der Waals surface area (Å²) >= 11 is 0. The van der Waals surface area contributed by atoms with Crippen LogP contribution in [0.2, 0.25) is 0 Å². The van der Waals surface area contributed by atoms with Crippen molar-refractivity contribution in [3.63, 3.8) is 0 Å². The van der Waals surface area contributed by atoms with Crippen LogP contribution in [-0.4, -0.2) is 47.4 Å². The number of hydrogen-bond donors (Lipinski definition) is 3. The molecule has 2 unspecified atom stereocenters. The zero-order valence-corrected chi connectivity index (χ0v) is 57.6. The molecule has 0 aliphatic carbocycles. The molecule has 502 valence electrons. The van der Waals surface area contributed by atoms with Crippen LogP contribution >= 0.6 is 0 Å². The Morgan fingerprint density at radius 2 is 0.588 bits per heavy atom. The average molecular weight is 1200 g/mol. The number of esters is 1. The highest BCUT2D eigenvalue weighted by atomic mass is 16.5. The normalized spacial score (nSPS) is 12.7. The number of rotatable bonds is 73. The van der Waals surface area contributed by atoms with Gasteiger partial charge in [0, 0.05) is 12.8 Å². The predicted octanol–water partition coefficient (Wildman–Crippen LogP) is 25.4. The van der Waals surface area contributed by atoms with Gasteiger partial charge >= 0.3 is 5.97 Å². The number of amides is 1. The third kappa shape index (κ3) is 71.0. The first-order valence-corrected chi connectivity index (χ1v) is 38.8. The average Bonchev–Trinajstić information content (AvgIpc) is 3.51. The van der Waals surface area contributed by atoms with Gasteiger partial charge in [0.1, 0.15) is 0 Å². The first kappa shape index (κ1) is 83.1. The Morgan fingerprint density at radius 1 is 0.329 bits per heavy atom. The lowest BCUT2D eigenvalue weighted by Crippen LogP contribution is -2.45. The zero-order chi connectivity index (χ0) is 61.3. The summed E-state index contributed by atoms with van der Waals surface area (Å²) in [6.07, 6.45) is 96.9. The lowest BCUT2D eigenvalue weighted by Gasteiger charge is -2.20. The van der Waals surface area contributed by atoms with E-state index < -0.39 is 12.1 Å². The van der Waals surface area contributed by atoms with Gasteiger partial charge in [-0.2, -0.15) is 0 Å². The minimum atomic E-state index is -0.843. The fourth-order valence-corrected chi connectivity index (χ4v) is 12.3. The molecule has 6 nitrogen and oxygen atoms in total. The van der Waals surface area contributed by atoms with Crippen molar-refractivity contribution >= 4 is 11.9 Å². The molecule has 0 saturated heterocycles. The van der Waals surface area contributed by atoms with E-state index in [0.717, 1.165) is 51.4 Å². The highest BCUT2D eigenvalue weighted by Gasteiger charge is 2.18. The molecule has 0 aliphatic rings. The molecule has 3 N–H and O–H groups in total. The Morgan fingerprint density at radius 3 is 0.918 bits per heavy atom. The molecule has 0 aromatic heterocycles. The number of carbonyl (C=O) groups is 2. The Hall–Kier alpha value is -1.92. The van der Waals surface area contributed by atoms with E-state index in [1.54, 1.807) is 6.08 Å². The summed E-state index contributed by atoms with van der Waals surface area (Å²) in [5.41, 5.74) is 0. The lowest BCUT2D eigenvalue weighted by molar-refractivity contribution is -0.143. The summed E-state index contributed by atoms with van der Waals surface area (Å²) in [4.78, 5) is 24.6. The van der Waals surface area contributed by atoms with E-state index in [4.69, 9.17) is 4.74 Å². The number of unbranched alkanes of at least 4 members (excludes halogenated alkanes) is 58. The lowest BCUT2D eigenvalue weighted by atomic mass is 10.0. The second-order valence-corrected chi connectivity index (χ2v) is 26.7. The number of hydrogen-bond acceptors (Lipinski definition) is 5. The maximum atomic E-state index is 12.5. The molecular weight excluding hydrogens is 1040 g/mol. The molecule has 0 rings (SSSR count). The Labute approximate surface area is 532 Å². The van der Waals surface area contributed by atoms with Crippen molar-refractivity contribution in [3.05, 3.63) is 36.5 Å². The second-order valence-electron chi connectivity index (χ2n) is 26.7. The Bertz CT molecular complexity index is 1380. The summed E-state index contributed by atoms with van der Waals surface area (Å²) < 4.78 is 5.49. The number of aliphatic hydroxyl groups excluding tert-OH is 2. The molecule has 85 heavy (non-hydrogen) atoms. The maximum absolute atomic E-state index is 12.5. The number of nitrogens with one attached hydrogen (secondary N) is 1. The van der Waals surface area contributed by atoms with E-state index in [2.05, 4.69) is 43.5 Å². The molecule has 0 fully saturated rings. The Balaban J connectivity index is 3.36. The van der Waals surface area contributed by atoms with Crippen molar-refractivity contribution in [2.24, 2.45) is 0 Å². The van der Waals surface area contributed by atoms with Crippen LogP contribution in [0, 0.1) is 0 Å². The van der Waals surface area contributed by atoms with Gasteiger partial charge in [0.05, 0.1) is 25.4 Å². The van der Waals surface area contributed by atoms with E-state index >= 15 is 0 Å². The molecule has 2 atom stereocenters. The molecule has 0 aromatic carbocycles. The van der Waals surface area contributed by atoms with Crippen LogP contribution in [0.5, 0.6) is 0 Å². The SMILES string of the molecule is CCCCC/C=C\C/C=C\CCCCCCCC(=O)OCCCCCCCCCCCCCCCCCCCCCCCCCCCCCCCCCC(=O)NC(CO)C(O)/C=C/CCCCCCCCCCCCCCCCCCCCCC. The van der Waals surface area contributed by atoms with E-state index in [-0.39, 0.29) is 18.5 Å². The topological polar surface area (TPSA) is 95.9 Å². The summed E-state index contributed by atoms with van der Waals surface area (Å²) in [5, 5.41) is 23.3. The Kier molecular flexibility index (Phi) is 72.9. The minimum absolute atomic E-state index is 0.00696. The molecule has 0 aliphatic heterocycles. The summed E-state index contributed by atoms with van der Waals surface area (Å²) in [6.45, 7) is 4.92. The van der Waals surface area contributed by atoms with Gasteiger partial charge in [-0.15, -0.1) is 0 Å². The van der Waals surface area contributed by atoms with Crippen molar-refractivity contribution in [2.45, 2.75) is 443 Å². The van der Waals surface area contributed by atoms with E-state index in [9.17, 15) is 19.8 Å². The number of allylic oxidation sites excluding steroid dienone is 5. The van der Waals surface area contributed by atoms with E-state index in [1.807, 2.05) is 6.08 Å². The molecule has 0 heterocycles. The first-order valence-electron chi connectivity index (χ1n) is 38.8. The first-order chi connectivity index (χ1) is 42.0. The fraction of sp³-hybridized carbons (Fsp3) is 0.899. The predicted molar refractivity (Wildman–Crippen MR) is 375 cm³/mol. The highest BCUT2D eigenvalue weighted by Crippen LogP contribution is 2.20. The summed E-state index contributed by atoms with van der Waals surface area (Å²) in [7, 11) is 0. The van der Waals surface area contributed by atoms with Crippen LogP contribution in [0.25, 0.3) is 0 Å². The molecule has 0 bridgehead atoms. The van der Waals surface area contributed by atoms with Gasteiger partial charge in [0.2, 0.25) is 5.91 Å². The van der Waals surface area contributed by atoms with Gasteiger partial charge in [0.25, 0.3) is 0 Å². The van der Waals surface area contributed by atoms with Gasteiger partial charge < -0.3 is 20.3 Å². The molecule has 0 spiro atoms. The maximum Gasteiger partial charge on any atom is 0.305 e. The van der Waals surface area contributed by atoms with Crippen LogP contribution in [-0.2, 0) is 14.3 Å². The number of aliphatic hydroxyl groups is 2. The number of carbonyl (C=O) groups excluding carboxylic acids is 2. The zero-order valence-electron chi connectivity index (χ0n) is 57.6. The minimum Gasteiger partial charge on any atom is -0.466 e. The largest absolute Gasteiger partial charge is 0.466 e. The molecule has 0 radical (unpaired) electrons. The molecule has 6 heteroatoms. The van der Waals surface area contributed by atoms with Crippen molar-refractivity contribution in [2.75, 3.05) is 13.2 Å². The van der Waals surface area contributed by atoms with Crippen molar-refractivity contribution in [1.29, 1.82) is 0 Å². The molecule has 0 aromatic rings. The standard InChI is InChI=1S/C79H151NO5/c1-3-5-7-9-11-13-15-17-19-20-21-22-34-37-40-44-47-51-55-59-63-67-71-77(82)76(75-81)80-78(83)72-68-64-60-56-52-48-45-41-38-35-32-30-28-26-24-23-25-27-29-31-33-36-39-42-46-50-54-58-62-66-70-74-85-79(84)73-69-65-61-57-53-49-43-18-16-14-12-10-8-6-4-2/h12,14,18,43,67,71,76-77,81-82H,3-11,13,15-17,19-42,44-66,68-70,72-75H2,1-2H3,(H,80,83)/b14-12-,43-18-,71-67+. The van der Waals surface area contributed by atoms with Gasteiger partial charge in [-0.25, -0.2) is 0 Å². The highest BCUT2D eigenvalue weighted by molar-refractivity contribution is 5.76. The van der Waals surface area contributed by atoms with Crippen LogP contribution < -0.4 is 5.32 Å². The smallest absolute Gasteiger partial charge is 0.305 e. The van der Waals surface area contributed by atoms with E-state index in [0.29, 0.717) is 19.4 Å². The van der Waals surface area contributed by atoms with Crippen LogP contribution in [0.4, 0.5) is 0 Å². The van der Waals surface area contributed by atoms with Crippen LogP contribution in [0.1, 0.15) is 431 Å². The van der Waals surface area contributed by atoms with Crippen molar-refractivity contribution in [1.82, 2.24) is 5.32 Å². The third-order valence-corrected chi connectivity index (χ3v) is 18.2. The van der Waals surface area contributed by atoms with E-state index in [1.165, 1.54) is 353 Å². The fourth-order valence-electron chi connectivity index (χ4n) is 12.3. The monoisotopic (exact) mass is 1190 g/mol. The van der Waals surface area contributed by atoms with Gasteiger partial charge in [-0.05, 0) is 64.2 Å². The van der Waals surface area contributed by atoms with Gasteiger partial charge in [-0.3, -0.25) is 9.59 Å². The summed E-state index contributed by atoms with van der Waals surface area (Å²) in [5.74, 6) is -0.0523. The molecular formula is C79H151NO5. The van der Waals surface area contributed by atoms with Crippen LogP contribution in [0.3, 0.4) is 0 Å². The van der Waals surface area contributed by atoms with Crippen molar-refractivity contribution < 1.29 is 24.5 Å². The van der Waals surface area contributed by atoms with Crippen molar-refractivity contribution in [3.8, 4) is 0 Å². The van der Waals surface area contributed by atoms with Crippen LogP contribution in [0.15, 0.2) is 36.5 Å². The molecule has 0 saturated carbocycles. The summed E-state index contributed by atoms with van der Waals surface area (Å²) in [6, 6.07) is -0.626. The molecule has 1 amide bonds.